The number of aryl methyl sites for hydroxylation is 1. The lowest BCUT2D eigenvalue weighted by Gasteiger charge is -2.20. The van der Waals surface area contributed by atoms with E-state index in [2.05, 4.69) is 35.0 Å². The summed E-state index contributed by atoms with van der Waals surface area (Å²) in [4.78, 5) is 15.3. The fourth-order valence-electron chi connectivity index (χ4n) is 2.14. The Morgan fingerprint density at radius 3 is 2.62 bits per heavy atom. The fourth-order valence-corrected chi connectivity index (χ4v) is 2.52. The molecule has 0 N–H and O–H groups in total. The summed E-state index contributed by atoms with van der Waals surface area (Å²) in [6.45, 7) is 2.84. The van der Waals surface area contributed by atoms with Crippen LogP contribution in [-0.4, -0.2) is 36.5 Å². The molecule has 0 bridgehead atoms. The molecule has 0 spiro atoms. The monoisotopic (exact) mass is 282 g/mol. The Morgan fingerprint density at radius 1 is 1.38 bits per heavy atom. The number of carbonyl (C=O) groups is 1. The predicted molar refractivity (Wildman–Crippen MR) is 67.4 cm³/mol. The van der Waals surface area contributed by atoms with Crippen LogP contribution >= 0.6 is 15.9 Å². The molecule has 16 heavy (non-hydrogen) atoms. The second-order valence-electron chi connectivity index (χ2n) is 4.29. The number of benzene rings is 1. The third kappa shape index (κ3) is 1.82. The average molecular weight is 283 g/mol. The number of halogens is 1. The molecule has 0 aromatic heterocycles. The van der Waals surface area contributed by atoms with Crippen LogP contribution in [0.4, 0.5) is 4.79 Å². The topological polar surface area (TPSA) is 23.6 Å². The first kappa shape index (κ1) is 11.5. The molecule has 1 atom stereocenters. The van der Waals surface area contributed by atoms with Gasteiger partial charge in [0.2, 0.25) is 0 Å². The summed E-state index contributed by atoms with van der Waals surface area (Å²) >= 11 is 3.48. The smallest absolute Gasteiger partial charge is 0.320 e. The van der Waals surface area contributed by atoms with Crippen LogP contribution in [0.1, 0.15) is 17.2 Å². The van der Waals surface area contributed by atoms with E-state index in [1.165, 1.54) is 11.1 Å². The van der Waals surface area contributed by atoms with Crippen molar-refractivity contribution in [3.8, 4) is 0 Å². The van der Waals surface area contributed by atoms with Crippen LogP contribution < -0.4 is 0 Å². The molecule has 86 valence electrons. The molecule has 1 aliphatic heterocycles. The average Bonchev–Trinajstić information content (AvgIpc) is 2.50. The maximum Gasteiger partial charge on any atom is 0.320 e. The molecule has 2 amide bonds. The Balaban J connectivity index is 2.38. The highest BCUT2D eigenvalue weighted by atomic mass is 79.9. The van der Waals surface area contributed by atoms with Gasteiger partial charge in [-0.3, -0.25) is 0 Å². The van der Waals surface area contributed by atoms with E-state index in [9.17, 15) is 4.79 Å². The maximum absolute atomic E-state index is 11.7. The van der Waals surface area contributed by atoms with E-state index in [0.29, 0.717) is 0 Å². The van der Waals surface area contributed by atoms with E-state index in [1.54, 1.807) is 9.80 Å². The van der Waals surface area contributed by atoms with Crippen molar-refractivity contribution < 1.29 is 4.79 Å². The number of rotatable bonds is 1. The van der Waals surface area contributed by atoms with Crippen molar-refractivity contribution in [2.75, 3.05) is 20.6 Å². The minimum absolute atomic E-state index is 0.0874. The van der Waals surface area contributed by atoms with Gasteiger partial charge in [0.25, 0.3) is 0 Å². The lowest BCUT2D eigenvalue weighted by molar-refractivity contribution is 0.201. The van der Waals surface area contributed by atoms with Gasteiger partial charge < -0.3 is 9.80 Å². The van der Waals surface area contributed by atoms with Crippen LogP contribution in [0, 0.1) is 6.92 Å². The molecule has 0 aliphatic carbocycles. The standard InChI is InChI=1S/C12H15BrN2O/c1-8-4-5-9(13)6-10(8)11-7-14(2)12(16)15(11)3/h4-6,11H,7H2,1-3H3. The molecule has 1 fully saturated rings. The lowest BCUT2D eigenvalue weighted by Crippen LogP contribution is -2.26. The first-order valence-corrected chi connectivity index (χ1v) is 6.04. The van der Waals surface area contributed by atoms with Crippen molar-refractivity contribution in [1.29, 1.82) is 0 Å². The summed E-state index contributed by atoms with van der Waals surface area (Å²) in [7, 11) is 3.70. The molecule has 1 heterocycles. The van der Waals surface area contributed by atoms with Gasteiger partial charge in [-0.15, -0.1) is 0 Å². The molecule has 3 nitrogen and oxygen atoms in total. The van der Waals surface area contributed by atoms with Gasteiger partial charge in [0.15, 0.2) is 0 Å². The number of hydrogen-bond donors (Lipinski definition) is 0. The third-order valence-electron chi connectivity index (χ3n) is 3.14. The molecule has 1 aromatic rings. The second kappa shape index (κ2) is 4.09. The van der Waals surface area contributed by atoms with Gasteiger partial charge in [-0.25, -0.2) is 4.79 Å². The Labute approximate surface area is 104 Å². The second-order valence-corrected chi connectivity index (χ2v) is 5.21. The first-order valence-electron chi connectivity index (χ1n) is 5.24. The number of carbonyl (C=O) groups excluding carboxylic acids is 1. The highest BCUT2D eigenvalue weighted by Crippen LogP contribution is 2.30. The van der Waals surface area contributed by atoms with Crippen molar-refractivity contribution in [2.24, 2.45) is 0 Å². The van der Waals surface area contributed by atoms with Crippen LogP contribution in [0.15, 0.2) is 22.7 Å². The summed E-state index contributed by atoms with van der Waals surface area (Å²) in [6.07, 6.45) is 0. The predicted octanol–water partition coefficient (Wildman–Crippen LogP) is 2.80. The highest BCUT2D eigenvalue weighted by Gasteiger charge is 2.33. The van der Waals surface area contributed by atoms with Crippen LogP contribution in [0.2, 0.25) is 0 Å². The summed E-state index contributed by atoms with van der Waals surface area (Å²) in [5.41, 5.74) is 2.44. The van der Waals surface area contributed by atoms with E-state index in [-0.39, 0.29) is 12.1 Å². The Bertz CT molecular complexity index is 433. The minimum atomic E-state index is 0.0874. The molecular formula is C12H15BrN2O. The molecular weight excluding hydrogens is 268 g/mol. The van der Waals surface area contributed by atoms with E-state index in [4.69, 9.17) is 0 Å². The van der Waals surface area contributed by atoms with Gasteiger partial charge in [0.05, 0.1) is 6.04 Å². The van der Waals surface area contributed by atoms with Gasteiger partial charge >= 0.3 is 6.03 Å². The molecule has 0 saturated carbocycles. The summed E-state index contributed by atoms with van der Waals surface area (Å²) in [5.74, 6) is 0. The van der Waals surface area contributed by atoms with Crippen LogP contribution in [0.5, 0.6) is 0 Å². The zero-order chi connectivity index (χ0) is 11.9. The molecule has 1 aliphatic rings. The van der Waals surface area contributed by atoms with E-state index < -0.39 is 0 Å². The van der Waals surface area contributed by atoms with Gasteiger partial charge in [-0.1, -0.05) is 22.0 Å². The molecule has 1 unspecified atom stereocenters. The van der Waals surface area contributed by atoms with Gasteiger partial charge in [0.1, 0.15) is 0 Å². The van der Waals surface area contributed by atoms with E-state index in [1.807, 2.05) is 20.2 Å². The number of amides is 2. The van der Waals surface area contributed by atoms with Crippen molar-refractivity contribution in [3.05, 3.63) is 33.8 Å². The van der Waals surface area contributed by atoms with Gasteiger partial charge in [-0.2, -0.15) is 0 Å². The molecule has 1 saturated heterocycles. The van der Waals surface area contributed by atoms with Gasteiger partial charge in [-0.05, 0) is 30.2 Å². The number of likely N-dealkylation sites (N-methyl/N-ethyl adjacent to an activating group) is 2. The SMILES string of the molecule is Cc1ccc(Br)cc1C1CN(C)C(=O)N1C. The molecule has 2 rings (SSSR count). The summed E-state index contributed by atoms with van der Waals surface area (Å²) < 4.78 is 1.06. The van der Waals surface area contributed by atoms with E-state index in [0.717, 1.165) is 11.0 Å². The Kier molecular flexibility index (Phi) is 2.93. The van der Waals surface area contributed by atoms with Crippen molar-refractivity contribution in [3.63, 3.8) is 0 Å². The highest BCUT2D eigenvalue weighted by molar-refractivity contribution is 9.10. The largest absolute Gasteiger partial charge is 0.325 e. The van der Waals surface area contributed by atoms with Crippen LogP contribution in [0.3, 0.4) is 0 Å². The quantitative estimate of drug-likeness (QED) is 0.777. The normalized spacial score (nSPS) is 20.8. The molecule has 0 radical (unpaired) electrons. The maximum atomic E-state index is 11.7. The zero-order valence-corrected chi connectivity index (χ0v) is 11.3. The van der Waals surface area contributed by atoms with E-state index >= 15 is 0 Å². The zero-order valence-electron chi connectivity index (χ0n) is 9.70. The first-order chi connectivity index (χ1) is 7.50. The minimum Gasteiger partial charge on any atom is -0.325 e. The number of hydrogen-bond acceptors (Lipinski definition) is 1. The number of urea groups is 1. The Morgan fingerprint density at radius 2 is 2.06 bits per heavy atom. The van der Waals surface area contributed by atoms with Crippen molar-refractivity contribution in [1.82, 2.24) is 9.80 Å². The molecule has 1 aromatic carbocycles. The summed E-state index contributed by atoms with van der Waals surface area (Å²) in [6, 6.07) is 6.46. The number of nitrogens with zero attached hydrogens (tertiary/aromatic N) is 2. The fraction of sp³-hybridized carbons (Fsp3) is 0.417. The van der Waals surface area contributed by atoms with Crippen LogP contribution in [0.25, 0.3) is 0 Å². The lowest BCUT2D eigenvalue weighted by atomic mass is 10.0. The molecule has 4 heteroatoms. The third-order valence-corrected chi connectivity index (χ3v) is 3.64. The van der Waals surface area contributed by atoms with Crippen LogP contribution in [-0.2, 0) is 0 Å². The van der Waals surface area contributed by atoms with Crippen molar-refractivity contribution in [2.45, 2.75) is 13.0 Å². The summed E-state index contributed by atoms with van der Waals surface area (Å²) in [5, 5.41) is 0. The van der Waals surface area contributed by atoms with Gasteiger partial charge in [0, 0.05) is 25.1 Å². The van der Waals surface area contributed by atoms with Crippen molar-refractivity contribution >= 4 is 22.0 Å². The Hall–Kier alpha value is -1.03.